The maximum Gasteiger partial charge on any atom is 0.334 e. The number of carbonyl (C=O) groups is 2. The molecule has 0 saturated heterocycles. The number of hydrogen-bond donors (Lipinski definition) is 5. The zero-order chi connectivity index (χ0) is 12.7. The highest BCUT2D eigenvalue weighted by Crippen LogP contribution is 1.85. The van der Waals surface area contributed by atoms with Gasteiger partial charge in [0.15, 0.2) is 6.10 Å². The Hall–Kier alpha value is -2.16. The van der Waals surface area contributed by atoms with Gasteiger partial charge in [-0.25, -0.2) is 14.6 Å². The van der Waals surface area contributed by atoms with Crippen LogP contribution in [0.15, 0.2) is 6.33 Å². The van der Waals surface area contributed by atoms with E-state index in [0.717, 1.165) is 0 Å². The highest BCUT2D eigenvalue weighted by Gasteiger charge is 2.13. The lowest BCUT2D eigenvalue weighted by Gasteiger charge is -2.08. The molecule has 2 amide bonds. The largest absolute Gasteiger partial charge is 0.479 e. The molecule has 17 heavy (non-hydrogen) atoms. The molecular weight excluding hydrogens is 230 g/mol. The molecule has 0 fully saturated rings. The van der Waals surface area contributed by atoms with Crippen molar-refractivity contribution in [2.24, 2.45) is 0 Å². The average Bonchev–Trinajstić information content (AvgIpc) is 2.78. The second kappa shape index (κ2) is 6.43. The normalized spacial score (nSPS) is 11.8. The predicted molar refractivity (Wildman–Crippen MR) is 55.1 cm³/mol. The van der Waals surface area contributed by atoms with Gasteiger partial charge in [0.2, 0.25) is 0 Å². The van der Waals surface area contributed by atoms with Crippen molar-refractivity contribution in [1.29, 1.82) is 0 Å². The fourth-order valence-electron chi connectivity index (χ4n) is 0.985. The number of aromatic amines is 1. The molecule has 5 N–H and O–H groups in total. The van der Waals surface area contributed by atoms with Crippen molar-refractivity contribution in [1.82, 2.24) is 25.8 Å². The third-order valence-corrected chi connectivity index (χ3v) is 1.85. The van der Waals surface area contributed by atoms with Gasteiger partial charge in [-0.1, -0.05) is 0 Å². The number of nitrogens with zero attached hydrogens (tertiary/aromatic N) is 2. The van der Waals surface area contributed by atoms with Crippen LogP contribution in [-0.2, 0) is 11.2 Å². The minimum Gasteiger partial charge on any atom is -0.479 e. The molecule has 1 rings (SSSR count). The first-order valence-corrected chi connectivity index (χ1v) is 4.86. The molecule has 0 aliphatic carbocycles. The summed E-state index contributed by atoms with van der Waals surface area (Å²) in [6, 6.07) is -0.551. The number of hydrogen-bond acceptors (Lipinski definition) is 5. The molecule has 0 aliphatic heterocycles. The summed E-state index contributed by atoms with van der Waals surface area (Å²) in [4.78, 5) is 25.2. The van der Waals surface area contributed by atoms with Crippen LogP contribution in [0.5, 0.6) is 0 Å². The van der Waals surface area contributed by atoms with Crippen LogP contribution < -0.4 is 10.6 Å². The van der Waals surface area contributed by atoms with Crippen LogP contribution in [0.4, 0.5) is 4.79 Å². The first-order valence-electron chi connectivity index (χ1n) is 4.86. The number of aliphatic hydroxyl groups excluding tert-OH is 1. The van der Waals surface area contributed by atoms with E-state index >= 15 is 0 Å². The van der Waals surface area contributed by atoms with Crippen LogP contribution in [0, 0.1) is 0 Å². The summed E-state index contributed by atoms with van der Waals surface area (Å²) in [7, 11) is 0. The summed E-state index contributed by atoms with van der Waals surface area (Å²) >= 11 is 0. The van der Waals surface area contributed by atoms with Crippen molar-refractivity contribution in [3.05, 3.63) is 12.2 Å². The number of amides is 2. The minimum absolute atomic E-state index is 0.324. The molecule has 0 saturated carbocycles. The summed E-state index contributed by atoms with van der Waals surface area (Å²) in [5.41, 5.74) is 0. The van der Waals surface area contributed by atoms with Gasteiger partial charge < -0.3 is 20.8 Å². The van der Waals surface area contributed by atoms with Crippen LogP contribution in [0.2, 0.25) is 0 Å². The lowest BCUT2D eigenvalue weighted by molar-refractivity contribution is -0.146. The molecular formula is C8H13N5O4. The van der Waals surface area contributed by atoms with Gasteiger partial charge in [0.1, 0.15) is 12.2 Å². The van der Waals surface area contributed by atoms with Gasteiger partial charge in [-0.3, -0.25) is 5.10 Å². The van der Waals surface area contributed by atoms with E-state index in [1.54, 1.807) is 0 Å². The number of aromatic nitrogens is 3. The van der Waals surface area contributed by atoms with E-state index < -0.39 is 18.1 Å². The molecule has 0 aliphatic rings. The van der Waals surface area contributed by atoms with E-state index in [0.29, 0.717) is 18.8 Å². The molecule has 0 unspecified atom stereocenters. The number of H-pyrrole nitrogens is 1. The first-order chi connectivity index (χ1) is 8.09. The van der Waals surface area contributed by atoms with Crippen LogP contribution in [0.1, 0.15) is 5.82 Å². The molecule has 1 heterocycles. The quantitative estimate of drug-likeness (QED) is 0.395. The first kappa shape index (κ1) is 12.9. The summed E-state index contributed by atoms with van der Waals surface area (Å²) in [6.45, 7) is -0.0202. The number of aliphatic hydroxyl groups is 1. The number of carbonyl (C=O) groups excluding carboxylic acids is 1. The standard InChI is InChI=1S/C8H13N5O4/c14-5(7(15)16)3-10-8(17)9-2-1-6-11-4-12-13-6/h4-5,14H,1-3H2,(H,15,16)(H2,9,10,17)(H,11,12,13)/t5-/m0/s1. The lowest BCUT2D eigenvalue weighted by atomic mass is 10.3. The lowest BCUT2D eigenvalue weighted by Crippen LogP contribution is -2.42. The van der Waals surface area contributed by atoms with Gasteiger partial charge >= 0.3 is 12.0 Å². The molecule has 0 aromatic carbocycles. The third kappa shape index (κ3) is 4.93. The van der Waals surface area contributed by atoms with Gasteiger partial charge in [-0.15, -0.1) is 0 Å². The van der Waals surface area contributed by atoms with Crippen molar-refractivity contribution in [2.45, 2.75) is 12.5 Å². The average molecular weight is 243 g/mol. The molecule has 1 atom stereocenters. The Morgan fingerprint density at radius 2 is 2.24 bits per heavy atom. The fraction of sp³-hybridized carbons (Fsp3) is 0.500. The van der Waals surface area contributed by atoms with Crippen molar-refractivity contribution < 1.29 is 19.8 Å². The Morgan fingerprint density at radius 1 is 1.47 bits per heavy atom. The molecule has 9 heteroatoms. The smallest absolute Gasteiger partial charge is 0.334 e. The number of urea groups is 1. The van der Waals surface area contributed by atoms with Crippen molar-refractivity contribution in [3.63, 3.8) is 0 Å². The topological polar surface area (TPSA) is 140 Å². The van der Waals surface area contributed by atoms with Gasteiger partial charge in [0, 0.05) is 13.0 Å². The Bertz CT molecular complexity index is 366. The molecule has 94 valence electrons. The summed E-state index contributed by atoms with van der Waals surface area (Å²) in [5, 5.41) is 28.2. The second-order valence-corrected chi connectivity index (χ2v) is 3.17. The van der Waals surface area contributed by atoms with Gasteiger partial charge in [0.25, 0.3) is 0 Å². The van der Waals surface area contributed by atoms with Gasteiger partial charge in [-0.05, 0) is 0 Å². The van der Waals surface area contributed by atoms with Crippen LogP contribution >= 0.6 is 0 Å². The predicted octanol–water partition coefficient (Wildman–Crippen LogP) is -1.91. The summed E-state index contributed by atoms with van der Waals surface area (Å²) < 4.78 is 0. The Morgan fingerprint density at radius 3 is 2.82 bits per heavy atom. The summed E-state index contributed by atoms with van der Waals surface area (Å²) in [5.74, 6) is -0.747. The van der Waals surface area contributed by atoms with Crippen molar-refractivity contribution in [2.75, 3.05) is 13.1 Å². The number of carboxylic acids is 1. The van der Waals surface area contributed by atoms with E-state index in [-0.39, 0.29) is 6.54 Å². The third-order valence-electron chi connectivity index (χ3n) is 1.85. The second-order valence-electron chi connectivity index (χ2n) is 3.17. The van der Waals surface area contributed by atoms with E-state index in [1.165, 1.54) is 6.33 Å². The van der Waals surface area contributed by atoms with E-state index in [4.69, 9.17) is 10.2 Å². The molecule has 1 aromatic rings. The van der Waals surface area contributed by atoms with Crippen molar-refractivity contribution in [3.8, 4) is 0 Å². The number of aliphatic carboxylic acids is 1. The molecule has 9 nitrogen and oxygen atoms in total. The van der Waals surface area contributed by atoms with Crippen LogP contribution in [0.3, 0.4) is 0 Å². The Balaban J connectivity index is 2.11. The molecule has 0 bridgehead atoms. The molecule has 0 radical (unpaired) electrons. The number of nitrogens with one attached hydrogen (secondary N) is 3. The highest BCUT2D eigenvalue weighted by molar-refractivity contribution is 5.76. The molecule has 1 aromatic heterocycles. The number of rotatable bonds is 6. The zero-order valence-electron chi connectivity index (χ0n) is 8.88. The zero-order valence-corrected chi connectivity index (χ0v) is 8.88. The van der Waals surface area contributed by atoms with Crippen molar-refractivity contribution >= 4 is 12.0 Å². The highest BCUT2D eigenvalue weighted by atomic mass is 16.4. The Labute approximate surface area is 96.2 Å². The van der Waals surface area contributed by atoms with Crippen LogP contribution in [0.25, 0.3) is 0 Å². The van der Waals surface area contributed by atoms with Gasteiger partial charge in [0.05, 0.1) is 6.54 Å². The maximum absolute atomic E-state index is 11.1. The maximum atomic E-state index is 11.1. The van der Waals surface area contributed by atoms with E-state index in [9.17, 15) is 9.59 Å². The minimum atomic E-state index is -1.60. The fourth-order valence-corrected chi connectivity index (χ4v) is 0.985. The Kier molecular flexibility index (Phi) is 4.88. The molecule has 0 spiro atoms. The van der Waals surface area contributed by atoms with Crippen LogP contribution in [-0.4, -0.2) is 56.6 Å². The summed E-state index contributed by atoms with van der Waals surface area (Å²) in [6.07, 6.45) is 0.239. The SMILES string of the molecule is O=C(NCCc1ncn[nH]1)NC[C@H](O)C(=O)O. The number of carboxylic acid groups (broad SMARTS) is 1. The van der Waals surface area contributed by atoms with Gasteiger partial charge in [-0.2, -0.15) is 5.10 Å². The monoisotopic (exact) mass is 243 g/mol. The van der Waals surface area contributed by atoms with E-state index in [2.05, 4.69) is 25.8 Å². The van der Waals surface area contributed by atoms with E-state index in [1.807, 2.05) is 0 Å².